The van der Waals surface area contributed by atoms with E-state index in [-0.39, 0.29) is 5.92 Å². The zero-order chi connectivity index (χ0) is 11.9. The number of fused-ring (bicyclic) bond motifs is 1. The van der Waals surface area contributed by atoms with E-state index in [1.807, 2.05) is 6.07 Å². The molecule has 1 saturated carbocycles. The summed E-state index contributed by atoms with van der Waals surface area (Å²) in [4.78, 5) is 11.7. The summed E-state index contributed by atoms with van der Waals surface area (Å²) in [7, 11) is 0. The Morgan fingerprint density at radius 2 is 1.94 bits per heavy atom. The normalized spacial score (nSPS) is 25.8. The number of benzene rings is 1. The minimum atomic E-state index is -0.572. The largest absolute Gasteiger partial charge is 0.481 e. The maximum absolute atomic E-state index is 11.7. The number of hydrogen-bond donors (Lipinski definition) is 1. The SMILES string of the molecule is O=C(O)C1(C2CCc3ccccc32)CCCC1. The Morgan fingerprint density at radius 3 is 2.65 bits per heavy atom. The number of carbonyl (C=O) groups is 1. The highest BCUT2D eigenvalue weighted by molar-refractivity contribution is 5.77. The van der Waals surface area contributed by atoms with Crippen molar-refractivity contribution in [2.24, 2.45) is 5.41 Å². The van der Waals surface area contributed by atoms with E-state index in [0.29, 0.717) is 0 Å². The molecule has 1 aromatic carbocycles. The van der Waals surface area contributed by atoms with Crippen LogP contribution in [0.25, 0.3) is 0 Å². The molecule has 0 aliphatic heterocycles. The number of hydrogen-bond acceptors (Lipinski definition) is 1. The highest BCUT2D eigenvalue weighted by Gasteiger charge is 2.49. The van der Waals surface area contributed by atoms with Crippen molar-refractivity contribution in [2.75, 3.05) is 0 Å². The molecule has 0 aromatic heterocycles. The lowest BCUT2D eigenvalue weighted by molar-refractivity contribution is -0.150. The molecule has 0 heterocycles. The van der Waals surface area contributed by atoms with E-state index >= 15 is 0 Å². The summed E-state index contributed by atoms with van der Waals surface area (Å²) >= 11 is 0. The van der Waals surface area contributed by atoms with Crippen molar-refractivity contribution >= 4 is 5.97 Å². The van der Waals surface area contributed by atoms with E-state index in [1.165, 1.54) is 11.1 Å². The van der Waals surface area contributed by atoms with E-state index in [0.717, 1.165) is 38.5 Å². The molecule has 1 N–H and O–H groups in total. The lowest BCUT2D eigenvalue weighted by atomic mass is 9.71. The van der Waals surface area contributed by atoms with E-state index < -0.39 is 11.4 Å². The number of carboxylic acid groups (broad SMARTS) is 1. The molecule has 0 amide bonds. The van der Waals surface area contributed by atoms with Crippen LogP contribution < -0.4 is 0 Å². The Balaban J connectivity index is 2.02. The van der Waals surface area contributed by atoms with Gasteiger partial charge in [0.15, 0.2) is 0 Å². The maximum atomic E-state index is 11.7. The highest BCUT2D eigenvalue weighted by Crippen LogP contribution is 2.54. The zero-order valence-corrected chi connectivity index (χ0v) is 9.98. The van der Waals surface area contributed by atoms with Crippen molar-refractivity contribution in [3.63, 3.8) is 0 Å². The van der Waals surface area contributed by atoms with Gasteiger partial charge in [0.25, 0.3) is 0 Å². The Bertz CT molecular complexity index is 444. The molecule has 2 aliphatic rings. The fourth-order valence-corrected chi connectivity index (χ4v) is 3.85. The van der Waals surface area contributed by atoms with Crippen molar-refractivity contribution in [3.05, 3.63) is 35.4 Å². The zero-order valence-electron chi connectivity index (χ0n) is 9.98. The van der Waals surface area contributed by atoms with Crippen molar-refractivity contribution in [3.8, 4) is 0 Å². The summed E-state index contributed by atoms with van der Waals surface area (Å²) < 4.78 is 0. The fraction of sp³-hybridized carbons (Fsp3) is 0.533. The first kappa shape index (κ1) is 10.8. The molecule has 90 valence electrons. The Labute approximate surface area is 102 Å². The third kappa shape index (κ3) is 1.50. The average molecular weight is 230 g/mol. The Kier molecular flexibility index (Phi) is 2.46. The van der Waals surface area contributed by atoms with Crippen LogP contribution in [0.2, 0.25) is 0 Å². The van der Waals surface area contributed by atoms with Gasteiger partial charge in [0.05, 0.1) is 5.41 Å². The van der Waals surface area contributed by atoms with Crippen LogP contribution in [0.15, 0.2) is 24.3 Å². The Morgan fingerprint density at radius 1 is 1.24 bits per heavy atom. The number of aryl methyl sites for hydroxylation is 1. The van der Waals surface area contributed by atoms with Gasteiger partial charge in [0.2, 0.25) is 0 Å². The van der Waals surface area contributed by atoms with Gasteiger partial charge in [-0.15, -0.1) is 0 Å². The smallest absolute Gasteiger partial charge is 0.310 e. The fourth-order valence-electron chi connectivity index (χ4n) is 3.85. The van der Waals surface area contributed by atoms with Gasteiger partial charge in [-0.05, 0) is 36.8 Å². The third-order valence-corrected chi connectivity index (χ3v) is 4.72. The summed E-state index contributed by atoms with van der Waals surface area (Å²) in [6, 6.07) is 8.39. The summed E-state index contributed by atoms with van der Waals surface area (Å²) in [5, 5.41) is 9.65. The van der Waals surface area contributed by atoms with Gasteiger partial charge in [-0.1, -0.05) is 37.1 Å². The molecule has 2 heteroatoms. The molecule has 0 saturated heterocycles. The first-order valence-electron chi connectivity index (χ1n) is 6.55. The van der Waals surface area contributed by atoms with Crippen LogP contribution in [0.3, 0.4) is 0 Å². The molecule has 1 fully saturated rings. The van der Waals surface area contributed by atoms with E-state index in [1.54, 1.807) is 0 Å². The van der Waals surface area contributed by atoms with Gasteiger partial charge in [0, 0.05) is 5.92 Å². The van der Waals surface area contributed by atoms with Crippen molar-refractivity contribution < 1.29 is 9.90 Å². The van der Waals surface area contributed by atoms with Crippen LogP contribution in [0, 0.1) is 5.41 Å². The molecule has 1 unspecified atom stereocenters. The minimum absolute atomic E-state index is 0.249. The average Bonchev–Trinajstić information content (AvgIpc) is 2.95. The second-order valence-corrected chi connectivity index (χ2v) is 5.46. The van der Waals surface area contributed by atoms with Gasteiger partial charge < -0.3 is 5.11 Å². The van der Waals surface area contributed by atoms with Crippen molar-refractivity contribution in [1.29, 1.82) is 0 Å². The number of aliphatic carboxylic acids is 1. The quantitative estimate of drug-likeness (QED) is 0.845. The van der Waals surface area contributed by atoms with E-state index in [4.69, 9.17) is 0 Å². The minimum Gasteiger partial charge on any atom is -0.481 e. The molecule has 0 bridgehead atoms. The molecular formula is C15H18O2. The molecule has 17 heavy (non-hydrogen) atoms. The maximum Gasteiger partial charge on any atom is 0.310 e. The third-order valence-electron chi connectivity index (χ3n) is 4.72. The summed E-state index contributed by atoms with van der Waals surface area (Å²) in [6.07, 6.45) is 5.94. The van der Waals surface area contributed by atoms with Crippen LogP contribution in [0.1, 0.15) is 49.1 Å². The van der Waals surface area contributed by atoms with Crippen LogP contribution in [-0.4, -0.2) is 11.1 Å². The van der Waals surface area contributed by atoms with Crippen molar-refractivity contribution in [1.82, 2.24) is 0 Å². The van der Waals surface area contributed by atoms with E-state index in [9.17, 15) is 9.90 Å². The van der Waals surface area contributed by atoms with Crippen LogP contribution in [-0.2, 0) is 11.2 Å². The molecule has 3 rings (SSSR count). The van der Waals surface area contributed by atoms with Gasteiger partial charge in [-0.2, -0.15) is 0 Å². The molecule has 2 nitrogen and oxygen atoms in total. The van der Waals surface area contributed by atoms with E-state index in [2.05, 4.69) is 18.2 Å². The summed E-state index contributed by atoms with van der Waals surface area (Å²) in [6.45, 7) is 0. The van der Waals surface area contributed by atoms with Gasteiger partial charge in [-0.3, -0.25) is 4.79 Å². The second kappa shape index (κ2) is 3.86. The first-order chi connectivity index (χ1) is 8.24. The standard InChI is InChI=1S/C15H18O2/c16-14(17)15(9-3-4-10-15)13-8-7-11-5-1-2-6-12(11)13/h1-2,5-6,13H,3-4,7-10H2,(H,16,17). The monoisotopic (exact) mass is 230 g/mol. The van der Waals surface area contributed by atoms with Gasteiger partial charge >= 0.3 is 5.97 Å². The molecule has 2 aliphatic carbocycles. The molecule has 1 atom stereocenters. The Hall–Kier alpha value is -1.31. The van der Waals surface area contributed by atoms with Gasteiger partial charge in [0.1, 0.15) is 0 Å². The predicted molar refractivity (Wildman–Crippen MR) is 66.0 cm³/mol. The lowest BCUT2D eigenvalue weighted by Crippen LogP contribution is -2.33. The first-order valence-corrected chi connectivity index (χ1v) is 6.55. The number of rotatable bonds is 2. The van der Waals surface area contributed by atoms with Crippen LogP contribution >= 0.6 is 0 Å². The van der Waals surface area contributed by atoms with Crippen LogP contribution in [0.4, 0.5) is 0 Å². The highest BCUT2D eigenvalue weighted by atomic mass is 16.4. The molecular weight excluding hydrogens is 212 g/mol. The van der Waals surface area contributed by atoms with Crippen molar-refractivity contribution in [2.45, 2.75) is 44.4 Å². The molecule has 0 spiro atoms. The molecule has 1 aromatic rings. The predicted octanol–water partition coefficient (Wildman–Crippen LogP) is 3.36. The number of carboxylic acids is 1. The topological polar surface area (TPSA) is 37.3 Å². The lowest BCUT2D eigenvalue weighted by Gasteiger charge is -2.31. The van der Waals surface area contributed by atoms with Gasteiger partial charge in [-0.25, -0.2) is 0 Å². The summed E-state index contributed by atoms with van der Waals surface area (Å²) in [5.41, 5.74) is 2.20. The van der Waals surface area contributed by atoms with Crippen LogP contribution in [0.5, 0.6) is 0 Å². The molecule has 0 radical (unpaired) electrons. The summed E-state index contributed by atoms with van der Waals surface area (Å²) in [5.74, 6) is -0.324. The second-order valence-electron chi connectivity index (χ2n) is 5.46.